The molecule has 0 unspecified atom stereocenters. The van der Waals surface area contributed by atoms with E-state index in [0.717, 1.165) is 47.2 Å². The lowest BCUT2D eigenvalue weighted by Crippen LogP contribution is -2.35. The number of piperidine rings is 1. The molecule has 1 N–H and O–H groups in total. The van der Waals surface area contributed by atoms with E-state index >= 15 is 0 Å². The van der Waals surface area contributed by atoms with Gasteiger partial charge in [0.25, 0.3) is 5.91 Å². The molecule has 0 radical (unpaired) electrons. The number of amides is 1. The summed E-state index contributed by atoms with van der Waals surface area (Å²) in [5.74, 6) is -0.179. The Morgan fingerprint density at radius 1 is 0.812 bits per heavy atom. The topological polar surface area (TPSA) is 66.5 Å². The third-order valence-electron chi connectivity index (χ3n) is 5.74. The van der Waals surface area contributed by atoms with Gasteiger partial charge in [0, 0.05) is 24.3 Å². The number of anilines is 1. The first-order chi connectivity index (χ1) is 15.3. The van der Waals surface area contributed by atoms with Crippen LogP contribution in [0.4, 0.5) is 5.69 Å². The maximum Gasteiger partial charge on any atom is 0.255 e. The highest BCUT2D eigenvalue weighted by Gasteiger charge is 2.25. The lowest BCUT2D eigenvalue weighted by atomic mass is 10.0. The molecule has 166 valence electrons. The van der Waals surface area contributed by atoms with Gasteiger partial charge < -0.3 is 5.32 Å². The molecule has 1 saturated heterocycles. The summed E-state index contributed by atoms with van der Waals surface area (Å²) in [5, 5.41) is 2.96. The Morgan fingerprint density at radius 3 is 2.12 bits per heavy atom. The number of benzene rings is 3. The smallest absolute Gasteiger partial charge is 0.255 e. The molecule has 5 nitrogen and oxygen atoms in total. The van der Waals surface area contributed by atoms with Gasteiger partial charge in [-0.3, -0.25) is 4.79 Å². The number of carbonyl (C=O) groups is 1. The minimum Gasteiger partial charge on any atom is -0.322 e. The Bertz CT molecular complexity index is 1210. The molecule has 1 fully saturated rings. The fraction of sp³-hybridized carbons (Fsp3) is 0.269. The third-order valence-corrected chi connectivity index (χ3v) is 7.66. The van der Waals surface area contributed by atoms with E-state index < -0.39 is 10.0 Å². The molecule has 1 heterocycles. The van der Waals surface area contributed by atoms with Crippen molar-refractivity contribution in [2.75, 3.05) is 18.4 Å². The molecule has 0 aliphatic carbocycles. The number of nitrogens with zero attached hydrogens (tertiary/aromatic N) is 1. The number of aryl methyl sites for hydroxylation is 2. The lowest BCUT2D eigenvalue weighted by molar-refractivity contribution is 0.102. The zero-order valence-corrected chi connectivity index (χ0v) is 19.3. The van der Waals surface area contributed by atoms with Crippen molar-refractivity contribution in [3.05, 3.63) is 83.4 Å². The van der Waals surface area contributed by atoms with Crippen molar-refractivity contribution in [2.45, 2.75) is 38.0 Å². The van der Waals surface area contributed by atoms with E-state index in [0.29, 0.717) is 23.5 Å². The van der Waals surface area contributed by atoms with Crippen molar-refractivity contribution >= 4 is 21.6 Å². The van der Waals surface area contributed by atoms with Crippen LogP contribution in [0.25, 0.3) is 11.1 Å². The Hall–Kier alpha value is -2.96. The van der Waals surface area contributed by atoms with Gasteiger partial charge in [-0.2, -0.15) is 4.31 Å². The highest BCUT2D eigenvalue weighted by molar-refractivity contribution is 7.89. The monoisotopic (exact) mass is 448 g/mol. The van der Waals surface area contributed by atoms with Crippen LogP contribution >= 0.6 is 0 Å². The minimum atomic E-state index is -3.46. The van der Waals surface area contributed by atoms with E-state index in [1.807, 2.05) is 44.2 Å². The Balaban J connectivity index is 1.53. The lowest BCUT2D eigenvalue weighted by Gasteiger charge is -2.25. The van der Waals surface area contributed by atoms with Gasteiger partial charge in [0.2, 0.25) is 10.0 Å². The fourth-order valence-electron chi connectivity index (χ4n) is 4.16. The molecule has 0 bridgehead atoms. The maximum absolute atomic E-state index is 12.9. The van der Waals surface area contributed by atoms with E-state index in [-0.39, 0.29) is 5.91 Å². The second-order valence-electron chi connectivity index (χ2n) is 8.40. The molecular formula is C26H28N2O3S. The highest BCUT2D eigenvalue weighted by atomic mass is 32.2. The predicted octanol–water partition coefficient (Wildman–Crippen LogP) is 5.40. The zero-order valence-electron chi connectivity index (χ0n) is 18.5. The minimum absolute atomic E-state index is 0.179. The molecule has 0 atom stereocenters. The van der Waals surface area contributed by atoms with Crippen molar-refractivity contribution < 1.29 is 13.2 Å². The van der Waals surface area contributed by atoms with Crippen LogP contribution in [0, 0.1) is 13.8 Å². The second kappa shape index (κ2) is 9.27. The van der Waals surface area contributed by atoms with Crippen LogP contribution < -0.4 is 5.32 Å². The highest BCUT2D eigenvalue weighted by Crippen LogP contribution is 2.26. The van der Waals surface area contributed by atoms with Gasteiger partial charge in [0.15, 0.2) is 0 Å². The van der Waals surface area contributed by atoms with Crippen molar-refractivity contribution in [3.63, 3.8) is 0 Å². The zero-order chi connectivity index (χ0) is 22.7. The van der Waals surface area contributed by atoms with Gasteiger partial charge >= 0.3 is 0 Å². The molecule has 1 aliphatic rings. The first-order valence-corrected chi connectivity index (χ1v) is 12.4. The summed E-state index contributed by atoms with van der Waals surface area (Å²) in [6.07, 6.45) is 2.90. The van der Waals surface area contributed by atoms with Crippen molar-refractivity contribution in [1.29, 1.82) is 0 Å². The quantitative estimate of drug-likeness (QED) is 0.568. The summed E-state index contributed by atoms with van der Waals surface area (Å²) >= 11 is 0. The van der Waals surface area contributed by atoms with E-state index in [1.165, 1.54) is 0 Å². The molecule has 6 heteroatoms. The number of carbonyl (C=O) groups excluding carboxylic acids is 1. The Morgan fingerprint density at radius 2 is 1.47 bits per heavy atom. The van der Waals surface area contributed by atoms with Crippen LogP contribution in [0.1, 0.15) is 40.7 Å². The molecule has 3 aromatic rings. The standard InChI is InChI=1S/C26H28N2O3S/c1-19-15-20(2)17-24(16-19)27-26(29)23-8-6-7-22(18-23)21-9-11-25(12-10-21)32(30,31)28-13-4-3-5-14-28/h6-12,15-18H,3-5,13-14H2,1-2H3,(H,27,29). The van der Waals surface area contributed by atoms with Gasteiger partial charge in [0.05, 0.1) is 4.90 Å². The van der Waals surface area contributed by atoms with Crippen LogP contribution in [0.2, 0.25) is 0 Å². The molecule has 1 amide bonds. The van der Waals surface area contributed by atoms with Crippen molar-refractivity contribution in [1.82, 2.24) is 4.31 Å². The van der Waals surface area contributed by atoms with E-state index in [9.17, 15) is 13.2 Å². The first-order valence-electron chi connectivity index (χ1n) is 10.9. The number of rotatable bonds is 5. The number of nitrogens with one attached hydrogen (secondary N) is 1. The predicted molar refractivity (Wildman–Crippen MR) is 128 cm³/mol. The first kappa shape index (κ1) is 22.2. The molecule has 0 spiro atoms. The number of hydrogen-bond acceptors (Lipinski definition) is 3. The average Bonchev–Trinajstić information content (AvgIpc) is 2.79. The molecular weight excluding hydrogens is 420 g/mol. The molecule has 1 aliphatic heterocycles. The van der Waals surface area contributed by atoms with Gasteiger partial charge in [-0.05, 0) is 85.3 Å². The normalized spacial score (nSPS) is 14.8. The summed E-state index contributed by atoms with van der Waals surface area (Å²) in [6.45, 7) is 5.17. The summed E-state index contributed by atoms with van der Waals surface area (Å²) in [6, 6.07) is 20.2. The maximum atomic E-state index is 12.9. The van der Waals surface area contributed by atoms with Crippen molar-refractivity contribution in [2.24, 2.45) is 0 Å². The molecule has 3 aromatic carbocycles. The largest absolute Gasteiger partial charge is 0.322 e. The van der Waals surface area contributed by atoms with Crippen LogP contribution in [0.15, 0.2) is 71.6 Å². The van der Waals surface area contributed by atoms with Crippen LogP contribution in [-0.4, -0.2) is 31.7 Å². The number of sulfonamides is 1. The SMILES string of the molecule is Cc1cc(C)cc(NC(=O)c2cccc(-c3ccc(S(=O)(=O)N4CCCCC4)cc3)c2)c1. The molecule has 0 aromatic heterocycles. The van der Waals surface area contributed by atoms with E-state index in [4.69, 9.17) is 0 Å². The van der Waals surface area contributed by atoms with Crippen LogP contribution in [0.3, 0.4) is 0 Å². The third kappa shape index (κ3) is 4.92. The second-order valence-corrected chi connectivity index (χ2v) is 10.3. The van der Waals surface area contributed by atoms with Gasteiger partial charge in [-0.1, -0.05) is 36.8 Å². The van der Waals surface area contributed by atoms with Crippen LogP contribution in [0.5, 0.6) is 0 Å². The average molecular weight is 449 g/mol. The van der Waals surface area contributed by atoms with E-state index in [2.05, 4.69) is 11.4 Å². The molecule has 32 heavy (non-hydrogen) atoms. The Kier molecular flexibility index (Phi) is 6.44. The van der Waals surface area contributed by atoms with E-state index in [1.54, 1.807) is 34.6 Å². The molecule has 4 rings (SSSR count). The fourth-order valence-corrected chi connectivity index (χ4v) is 5.68. The summed E-state index contributed by atoms with van der Waals surface area (Å²) < 4.78 is 27.3. The van der Waals surface area contributed by atoms with Gasteiger partial charge in [-0.15, -0.1) is 0 Å². The Labute approximate surface area is 190 Å². The number of hydrogen-bond donors (Lipinski definition) is 1. The van der Waals surface area contributed by atoms with Crippen molar-refractivity contribution in [3.8, 4) is 11.1 Å². The van der Waals surface area contributed by atoms with Crippen LogP contribution in [-0.2, 0) is 10.0 Å². The van der Waals surface area contributed by atoms with Gasteiger partial charge in [0.1, 0.15) is 0 Å². The van der Waals surface area contributed by atoms with Gasteiger partial charge in [-0.25, -0.2) is 8.42 Å². The molecule has 0 saturated carbocycles. The summed E-state index contributed by atoms with van der Waals surface area (Å²) in [7, 11) is -3.46. The summed E-state index contributed by atoms with van der Waals surface area (Å²) in [4.78, 5) is 13.1. The summed E-state index contributed by atoms with van der Waals surface area (Å²) in [5.41, 5.74) is 5.22.